The summed E-state index contributed by atoms with van der Waals surface area (Å²) in [6.45, 7) is 6.91. The van der Waals surface area contributed by atoms with Crippen LogP contribution in [0.2, 0.25) is 0 Å². The number of halogens is 3. The maximum atomic E-state index is 12.7. The van der Waals surface area contributed by atoms with Crippen LogP contribution in [0.15, 0.2) is 24.3 Å². The molecule has 0 saturated heterocycles. The predicted molar refractivity (Wildman–Crippen MR) is 72.2 cm³/mol. The van der Waals surface area contributed by atoms with E-state index in [4.69, 9.17) is 0 Å². The number of benzene rings is 1. The van der Waals surface area contributed by atoms with Crippen molar-refractivity contribution in [1.29, 1.82) is 0 Å². The quantitative estimate of drug-likeness (QED) is 0.799. The van der Waals surface area contributed by atoms with Gasteiger partial charge >= 0.3 is 6.18 Å². The average molecular weight is 273 g/mol. The van der Waals surface area contributed by atoms with Gasteiger partial charge in [0.25, 0.3) is 0 Å². The molecule has 1 aromatic carbocycles. The summed E-state index contributed by atoms with van der Waals surface area (Å²) in [5.74, 6) is 0.0715. The Labute approximate surface area is 113 Å². The third kappa shape index (κ3) is 4.53. The Bertz CT molecular complexity index is 381. The fraction of sp³-hybridized carbons (Fsp3) is 0.600. The highest BCUT2D eigenvalue weighted by atomic mass is 19.4. The number of alkyl halides is 3. The van der Waals surface area contributed by atoms with Gasteiger partial charge < -0.3 is 5.32 Å². The molecular formula is C15H22F3N. The molecule has 0 radical (unpaired) electrons. The van der Waals surface area contributed by atoms with E-state index >= 15 is 0 Å². The summed E-state index contributed by atoms with van der Waals surface area (Å²) in [5.41, 5.74) is 0.179. The van der Waals surface area contributed by atoms with E-state index < -0.39 is 11.7 Å². The van der Waals surface area contributed by atoms with E-state index in [9.17, 15) is 13.2 Å². The predicted octanol–water partition coefficient (Wildman–Crippen LogP) is 4.59. The van der Waals surface area contributed by atoms with Gasteiger partial charge in [0.1, 0.15) is 0 Å². The maximum Gasteiger partial charge on any atom is 0.416 e. The number of hydrogen-bond acceptors (Lipinski definition) is 1. The van der Waals surface area contributed by atoms with Crippen LogP contribution in [-0.4, -0.2) is 12.6 Å². The third-order valence-electron chi connectivity index (χ3n) is 3.41. The topological polar surface area (TPSA) is 12.0 Å². The van der Waals surface area contributed by atoms with Gasteiger partial charge in [0.2, 0.25) is 0 Å². The first-order chi connectivity index (χ1) is 8.90. The van der Waals surface area contributed by atoms with Crippen molar-refractivity contribution in [3.05, 3.63) is 35.4 Å². The second kappa shape index (κ2) is 6.94. The van der Waals surface area contributed by atoms with Crippen molar-refractivity contribution < 1.29 is 13.2 Å². The first-order valence-corrected chi connectivity index (χ1v) is 6.80. The molecule has 0 amide bonds. The molecule has 1 N–H and O–H groups in total. The Balaban J connectivity index is 2.94. The molecular weight excluding hydrogens is 251 g/mol. The summed E-state index contributed by atoms with van der Waals surface area (Å²) in [7, 11) is 0. The molecule has 2 unspecified atom stereocenters. The molecule has 108 valence electrons. The van der Waals surface area contributed by atoms with E-state index in [-0.39, 0.29) is 12.0 Å². The highest BCUT2D eigenvalue weighted by molar-refractivity contribution is 5.28. The standard InChI is InChI=1S/C15H22F3N/c1-4-7-14(19-5-2)11(3)12-8-6-9-13(10-12)15(16,17)18/h6,8-11,14,19H,4-5,7H2,1-3H3. The van der Waals surface area contributed by atoms with Crippen LogP contribution in [0.3, 0.4) is 0 Å². The highest BCUT2D eigenvalue weighted by Gasteiger charge is 2.31. The first kappa shape index (κ1) is 16.0. The van der Waals surface area contributed by atoms with Crippen LogP contribution in [-0.2, 0) is 6.18 Å². The van der Waals surface area contributed by atoms with Crippen LogP contribution in [0, 0.1) is 0 Å². The molecule has 1 aromatic rings. The number of rotatable bonds is 6. The van der Waals surface area contributed by atoms with Crippen LogP contribution >= 0.6 is 0 Å². The zero-order valence-electron chi connectivity index (χ0n) is 11.7. The van der Waals surface area contributed by atoms with Crippen molar-refractivity contribution in [3.8, 4) is 0 Å². The Hall–Kier alpha value is -1.03. The van der Waals surface area contributed by atoms with Crippen LogP contribution in [0.25, 0.3) is 0 Å². The van der Waals surface area contributed by atoms with E-state index in [1.54, 1.807) is 6.07 Å². The minimum Gasteiger partial charge on any atom is -0.314 e. The largest absolute Gasteiger partial charge is 0.416 e. The highest BCUT2D eigenvalue weighted by Crippen LogP contribution is 2.32. The maximum absolute atomic E-state index is 12.7. The Morgan fingerprint density at radius 2 is 1.89 bits per heavy atom. The van der Waals surface area contributed by atoms with Gasteiger partial charge in [-0.05, 0) is 30.5 Å². The van der Waals surface area contributed by atoms with Crippen molar-refractivity contribution in [1.82, 2.24) is 5.32 Å². The van der Waals surface area contributed by atoms with E-state index in [2.05, 4.69) is 12.2 Å². The average Bonchev–Trinajstić information content (AvgIpc) is 2.37. The van der Waals surface area contributed by atoms with Crippen molar-refractivity contribution >= 4 is 0 Å². The molecule has 0 saturated carbocycles. The molecule has 0 aliphatic heterocycles. The SMILES string of the molecule is CCCC(NCC)C(C)c1cccc(C(F)(F)F)c1. The van der Waals surface area contributed by atoms with Gasteiger partial charge in [0.15, 0.2) is 0 Å². The zero-order chi connectivity index (χ0) is 14.5. The van der Waals surface area contributed by atoms with Gasteiger partial charge in [-0.25, -0.2) is 0 Å². The summed E-state index contributed by atoms with van der Waals surface area (Å²) < 4.78 is 38.1. The van der Waals surface area contributed by atoms with Gasteiger partial charge in [0.05, 0.1) is 5.56 Å². The summed E-state index contributed by atoms with van der Waals surface area (Å²) in [6, 6.07) is 5.88. The van der Waals surface area contributed by atoms with Gasteiger partial charge in [-0.3, -0.25) is 0 Å². The van der Waals surface area contributed by atoms with Gasteiger partial charge in [-0.2, -0.15) is 13.2 Å². The van der Waals surface area contributed by atoms with E-state index in [0.29, 0.717) is 0 Å². The van der Waals surface area contributed by atoms with Crippen LogP contribution in [0.5, 0.6) is 0 Å². The molecule has 0 spiro atoms. The van der Waals surface area contributed by atoms with E-state index in [0.717, 1.165) is 31.0 Å². The monoisotopic (exact) mass is 273 g/mol. The molecule has 0 heterocycles. The van der Waals surface area contributed by atoms with Gasteiger partial charge in [0, 0.05) is 6.04 Å². The third-order valence-corrected chi connectivity index (χ3v) is 3.41. The van der Waals surface area contributed by atoms with Crippen LogP contribution < -0.4 is 5.32 Å². The summed E-state index contributed by atoms with van der Waals surface area (Å²) in [6.07, 6.45) is -2.29. The Morgan fingerprint density at radius 3 is 2.42 bits per heavy atom. The number of nitrogens with one attached hydrogen (secondary N) is 1. The number of likely N-dealkylation sites (N-methyl/N-ethyl adjacent to an activating group) is 1. The van der Waals surface area contributed by atoms with Crippen molar-refractivity contribution in [3.63, 3.8) is 0 Å². The van der Waals surface area contributed by atoms with E-state index in [1.165, 1.54) is 12.1 Å². The number of hydrogen-bond donors (Lipinski definition) is 1. The summed E-state index contributed by atoms with van der Waals surface area (Å²) >= 11 is 0. The fourth-order valence-electron chi connectivity index (χ4n) is 2.33. The lowest BCUT2D eigenvalue weighted by atomic mass is 9.89. The summed E-state index contributed by atoms with van der Waals surface area (Å²) in [5, 5.41) is 3.36. The first-order valence-electron chi connectivity index (χ1n) is 6.80. The Morgan fingerprint density at radius 1 is 1.21 bits per heavy atom. The minimum atomic E-state index is -4.27. The molecule has 0 aliphatic carbocycles. The molecule has 4 heteroatoms. The Kier molecular flexibility index (Phi) is 5.85. The lowest BCUT2D eigenvalue weighted by Crippen LogP contribution is -2.33. The van der Waals surface area contributed by atoms with Gasteiger partial charge in [-0.15, -0.1) is 0 Å². The smallest absolute Gasteiger partial charge is 0.314 e. The van der Waals surface area contributed by atoms with Crippen molar-refractivity contribution in [2.75, 3.05) is 6.54 Å². The fourth-order valence-corrected chi connectivity index (χ4v) is 2.33. The molecule has 0 bridgehead atoms. The second-order valence-corrected chi connectivity index (χ2v) is 4.86. The molecule has 2 atom stereocenters. The van der Waals surface area contributed by atoms with E-state index in [1.807, 2.05) is 13.8 Å². The minimum absolute atomic E-state index is 0.0715. The van der Waals surface area contributed by atoms with Crippen molar-refractivity contribution in [2.45, 2.75) is 51.7 Å². The molecule has 1 nitrogen and oxygen atoms in total. The van der Waals surface area contributed by atoms with Crippen LogP contribution in [0.4, 0.5) is 13.2 Å². The van der Waals surface area contributed by atoms with Crippen molar-refractivity contribution in [2.24, 2.45) is 0 Å². The second-order valence-electron chi connectivity index (χ2n) is 4.86. The van der Waals surface area contributed by atoms with Crippen LogP contribution in [0.1, 0.15) is 50.7 Å². The lowest BCUT2D eigenvalue weighted by molar-refractivity contribution is -0.137. The zero-order valence-corrected chi connectivity index (χ0v) is 11.7. The van der Waals surface area contributed by atoms with Gasteiger partial charge in [-0.1, -0.05) is 45.4 Å². The summed E-state index contributed by atoms with van der Waals surface area (Å²) in [4.78, 5) is 0. The molecule has 0 aromatic heterocycles. The molecule has 1 rings (SSSR count). The molecule has 19 heavy (non-hydrogen) atoms. The normalized spacial score (nSPS) is 15.3. The lowest BCUT2D eigenvalue weighted by Gasteiger charge is -2.25. The molecule has 0 aliphatic rings. The molecule has 0 fully saturated rings.